The second kappa shape index (κ2) is 3.97. The molecule has 1 aliphatic rings. The second-order valence-corrected chi connectivity index (χ2v) is 3.09. The first-order chi connectivity index (χ1) is 6.13. The van der Waals surface area contributed by atoms with Gasteiger partial charge in [-0.1, -0.05) is 5.16 Å². The molecule has 1 heterocycles. The fourth-order valence-electron chi connectivity index (χ4n) is 1.44. The van der Waals surface area contributed by atoms with Crippen molar-refractivity contribution >= 4 is 11.9 Å². The summed E-state index contributed by atoms with van der Waals surface area (Å²) in [6.45, 7) is 2.79. The van der Waals surface area contributed by atoms with E-state index in [2.05, 4.69) is 10.5 Å². The van der Waals surface area contributed by atoms with E-state index in [9.17, 15) is 4.79 Å². The molecular weight excluding hydrogens is 172 g/mol. The molecule has 0 spiro atoms. The Morgan fingerprint density at radius 1 is 1.77 bits per heavy atom. The average molecular weight is 186 g/mol. The number of oxime groups is 1. The van der Waals surface area contributed by atoms with Crippen molar-refractivity contribution in [3.05, 3.63) is 0 Å². The fourth-order valence-corrected chi connectivity index (χ4v) is 1.44. The molecule has 1 atom stereocenters. The van der Waals surface area contributed by atoms with Gasteiger partial charge in [-0.25, -0.2) is 0 Å². The minimum atomic E-state index is -0.0497. The summed E-state index contributed by atoms with van der Waals surface area (Å²) in [6, 6.07) is 0.109. The number of hydrogen-bond donors (Lipinski definition) is 3. The molecule has 1 aliphatic heterocycles. The largest absolute Gasteiger partial charge is 0.408 e. The van der Waals surface area contributed by atoms with Gasteiger partial charge in [0.1, 0.15) is 0 Å². The van der Waals surface area contributed by atoms with Crippen molar-refractivity contribution in [3.63, 3.8) is 0 Å². The van der Waals surface area contributed by atoms with Crippen molar-refractivity contribution in [2.45, 2.75) is 19.4 Å². The molecule has 4 N–H and O–H groups in total. The molecule has 1 amide bonds. The van der Waals surface area contributed by atoms with Crippen LogP contribution < -0.4 is 11.1 Å². The Bertz CT molecular complexity index is 229. The third kappa shape index (κ3) is 2.50. The van der Waals surface area contributed by atoms with Crippen LogP contribution in [0.4, 0.5) is 0 Å². The molecule has 0 saturated carbocycles. The van der Waals surface area contributed by atoms with Crippen molar-refractivity contribution in [1.29, 1.82) is 0 Å². The Balaban J connectivity index is 2.40. The van der Waals surface area contributed by atoms with E-state index in [0.717, 1.165) is 6.42 Å². The van der Waals surface area contributed by atoms with E-state index in [4.69, 9.17) is 10.9 Å². The Labute approximate surface area is 76.4 Å². The average Bonchev–Trinajstić information content (AvgIpc) is 2.50. The summed E-state index contributed by atoms with van der Waals surface area (Å²) in [4.78, 5) is 12.4. The summed E-state index contributed by atoms with van der Waals surface area (Å²) in [5.41, 5.74) is 5.38. The topological polar surface area (TPSA) is 91.0 Å². The van der Waals surface area contributed by atoms with Crippen LogP contribution in [0.5, 0.6) is 0 Å². The molecule has 6 heteroatoms. The number of nitrogens with two attached hydrogens (primary N) is 1. The van der Waals surface area contributed by atoms with Gasteiger partial charge in [-0.2, -0.15) is 0 Å². The summed E-state index contributed by atoms with van der Waals surface area (Å²) in [7, 11) is 0. The maximum absolute atomic E-state index is 10.7. The van der Waals surface area contributed by atoms with Crippen LogP contribution in [0, 0.1) is 0 Å². The zero-order chi connectivity index (χ0) is 9.84. The minimum absolute atomic E-state index is 0.0497. The van der Waals surface area contributed by atoms with Crippen LogP contribution in [0.1, 0.15) is 13.3 Å². The Morgan fingerprint density at radius 3 is 3.00 bits per heavy atom. The highest BCUT2D eigenvalue weighted by Gasteiger charge is 2.24. The zero-order valence-corrected chi connectivity index (χ0v) is 7.53. The van der Waals surface area contributed by atoms with Gasteiger partial charge in [0.15, 0.2) is 0 Å². The lowest BCUT2D eigenvalue weighted by molar-refractivity contribution is -0.119. The van der Waals surface area contributed by atoms with E-state index in [1.165, 1.54) is 6.92 Å². The van der Waals surface area contributed by atoms with Gasteiger partial charge in [-0.05, 0) is 6.42 Å². The summed E-state index contributed by atoms with van der Waals surface area (Å²) in [5.74, 6) is 0.0548. The predicted molar refractivity (Wildman–Crippen MR) is 47.2 cm³/mol. The number of guanidine groups is 1. The monoisotopic (exact) mass is 186 g/mol. The van der Waals surface area contributed by atoms with Crippen LogP contribution in [0.15, 0.2) is 5.16 Å². The van der Waals surface area contributed by atoms with Gasteiger partial charge < -0.3 is 21.2 Å². The first-order valence-electron chi connectivity index (χ1n) is 4.13. The lowest BCUT2D eigenvalue weighted by atomic mass is 10.3. The van der Waals surface area contributed by atoms with Gasteiger partial charge in [0.2, 0.25) is 11.9 Å². The molecule has 74 valence electrons. The lowest BCUT2D eigenvalue weighted by Gasteiger charge is -2.15. The van der Waals surface area contributed by atoms with Crippen molar-refractivity contribution in [1.82, 2.24) is 10.2 Å². The van der Waals surface area contributed by atoms with E-state index < -0.39 is 0 Å². The van der Waals surface area contributed by atoms with Crippen molar-refractivity contribution in [2.75, 3.05) is 13.1 Å². The van der Waals surface area contributed by atoms with Gasteiger partial charge in [-0.15, -0.1) is 0 Å². The van der Waals surface area contributed by atoms with Gasteiger partial charge >= 0.3 is 0 Å². The van der Waals surface area contributed by atoms with Crippen molar-refractivity contribution in [3.8, 4) is 0 Å². The van der Waals surface area contributed by atoms with Gasteiger partial charge in [0.25, 0.3) is 0 Å². The maximum atomic E-state index is 10.7. The van der Waals surface area contributed by atoms with Gasteiger partial charge in [0, 0.05) is 26.1 Å². The molecule has 1 fully saturated rings. The summed E-state index contributed by atoms with van der Waals surface area (Å²) >= 11 is 0. The van der Waals surface area contributed by atoms with Crippen LogP contribution in [0.3, 0.4) is 0 Å². The number of nitrogens with one attached hydrogen (secondary N) is 1. The molecule has 0 bridgehead atoms. The third-order valence-corrected chi connectivity index (χ3v) is 2.02. The van der Waals surface area contributed by atoms with E-state index >= 15 is 0 Å². The molecule has 13 heavy (non-hydrogen) atoms. The SMILES string of the molecule is CC(=O)NC1CCN(/C(N)=N/O)C1. The standard InChI is InChI=1S/C7H14N4O2/c1-5(12)9-6-2-3-11(4-6)7(8)10-13/h6,13H,2-4H2,1H3,(H2,8,10)(H,9,12). The number of carbonyl (C=O) groups is 1. The van der Waals surface area contributed by atoms with E-state index in [-0.39, 0.29) is 17.9 Å². The van der Waals surface area contributed by atoms with Crippen LogP contribution in [-0.2, 0) is 4.79 Å². The molecule has 0 aliphatic carbocycles. The van der Waals surface area contributed by atoms with Crippen molar-refractivity contribution in [2.24, 2.45) is 10.9 Å². The highest BCUT2D eigenvalue weighted by Crippen LogP contribution is 2.07. The molecule has 0 aromatic carbocycles. The van der Waals surface area contributed by atoms with Crippen LogP contribution in [-0.4, -0.2) is 41.1 Å². The number of nitrogens with zero attached hydrogens (tertiary/aromatic N) is 2. The highest BCUT2D eigenvalue weighted by molar-refractivity contribution is 5.78. The molecule has 1 saturated heterocycles. The highest BCUT2D eigenvalue weighted by atomic mass is 16.4. The summed E-state index contributed by atoms with van der Waals surface area (Å²) in [6.07, 6.45) is 0.829. The predicted octanol–water partition coefficient (Wildman–Crippen LogP) is -1.10. The Kier molecular flexibility index (Phi) is 2.94. The Morgan fingerprint density at radius 2 is 2.46 bits per heavy atom. The molecule has 6 nitrogen and oxygen atoms in total. The quantitative estimate of drug-likeness (QED) is 0.210. The van der Waals surface area contributed by atoms with E-state index in [1.54, 1.807) is 4.90 Å². The number of amides is 1. The number of carbonyl (C=O) groups excluding carboxylic acids is 1. The second-order valence-electron chi connectivity index (χ2n) is 3.09. The normalized spacial score (nSPS) is 23.3. The summed E-state index contributed by atoms with van der Waals surface area (Å²) < 4.78 is 0. The van der Waals surface area contributed by atoms with Crippen LogP contribution >= 0.6 is 0 Å². The fraction of sp³-hybridized carbons (Fsp3) is 0.714. The van der Waals surface area contributed by atoms with Gasteiger partial charge in [-0.3, -0.25) is 4.79 Å². The molecule has 1 unspecified atom stereocenters. The minimum Gasteiger partial charge on any atom is -0.408 e. The third-order valence-electron chi connectivity index (χ3n) is 2.02. The number of rotatable bonds is 1. The molecule has 0 aromatic heterocycles. The smallest absolute Gasteiger partial charge is 0.233 e. The maximum Gasteiger partial charge on any atom is 0.233 e. The van der Waals surface area contributed by atoms with Crippen LogP contribution in [0.2, 0.25) is 0 Å². The van der Waals surface area contributed by atoms with Gasteiger partial charge in [0.05, 0.1) is 0 Å². The van der Waals surface area contributed by atoms with E-state index in [0.29, 0.717) is 13.1 Å². The number of hydrogen-bond acceptors (Lipinski definition) is 3. The number of likely N-dealkylation sites (tertiary alicyclic amines) is 1. The molecule has 1 rings (SSSR count). The summed E-state index contributed by atoms with van der Waals surface area (Å²) in [5, 5.41) is 14.1. The molecule has 0 aromatic rings. The molecular formula is C7H14N4O2. The zero-order valence-electron chi connectivity index (χ0n) is 7.53. The molecule has 0 radical (unpaired) electrons. The van der Waals surface area contributed by atoms with Crippen LogP contribution in [0.25, 0.3) is 0 Å². The van der Waals surface area contributed by atoms with Crippen molar-refractivity contribution < 1.29 is 10.0 Å². The first-order valence-corrected chi connectivity index (χ1v) is 4.13. The Hall–Kier alpha value is -1.46. The van der Waals surface area contributed by atoms with E-state index in [1.807, 2.05) is 0 Å². The lowest BCUT2D eigenvalue weighted by Crippen LogP contribution is -2.40. The first kappa shape index (κ1) is 9.63.